The summed E-state index contributed by atoms with van der Waals surface area (Å²) in [5.41, 5.74) is 7.00. The standard InChI is InChI=1S/C15H24N4O2/c1-18(2)8-11-7-12(20)9-19(11)10-15(21)17-14-6-4-3-5-13(14)16/h3-6,11-12,20H,7-10,16H2,1-2H3,(H,17,21). The number of carbonyl (C=O) groups excluding carboxylic acids is 1. The molecule has 21 heavy (non-hydrogen) atoms. The van der Waals surface area contributed by atoms with Crippen LogP contribution in [0, 0.1) is 0 Å². The molecule has 6 heteroatoms. The predicted molar refractivity (Wildman–Crippen MR) is 84.0 cm³/mol. The highest BCUT2D eigenvalue weighted by atomic mass is 16.3. The van der Waals surface area contributed by atoms with Gasteiger partial charge in [0, 0.05) is 19.1 Å². The molecule has 2 unspecified atom stereocenters. The fourth-order valence-electron chi connectivity index (χ4n) is 2.75. The average molecular weight is 292 g/mol. The van der Waals surface area contributed by atoms with Gasteiger partial charge in [0.1, 0.15) is 0 Å². The maximum absolute atomic E-state index is 12.2. The number of amides is 1. The third-order valence-corrected chi connectivity index (χ3v) is 3.66. The van der Waals surface area contributed by atoms with E-state index in [0.717, 1.165) is 6.54 Å². The van der Waals surface area contributed by atoms with Crippen molar-refractivity contribution >= 4 is 17.3 Å². The number of aliphatic hydroxyl groups is 1. The molecule has 0 aromatic heterocycles. The summed E-state index contributed by atoms with van der Waals surface area (Å²) in [6.45, 7) is 1.64. The molecule has 1 amide bonds. The number of nitrogens with zero attached hydrogens (tertiary/aromatic N) is 2. The molecule has 116 valence electrons. The zero-order valence-electron chi connectivity index (χ0n) is 12.6. The summed E-state index contributed by atoms with van der Waals surface area (Å²) in [7, 11) is 3.99. The van der Waals surface area contributed by atoms with Crippen LogP contribution in [0.25, 0.3) is 0 Å². The van der Waals surface area contributed by atoms with E-state index in [1.165, 1.54) is 0 Å². The molecular weight excluding hydrogens is 268 g/mol. The number of hydrogen-bond acceptors (Lipinski definition) is 5. The lowest BCUT2D eigenvalue weighted by atomic mass is 10.2. The van der Waals surface area contributed by atoms with Gasteiger partial charge >= 0.3 is 0 Å². The number of benzene rings is 1. The molecule has 1 aromatic rings. The van der Waals surface area contributed by atoms with Crippen molar-refractivity contribution in [2.24, 2.45) is 0 Å². The van der Waals surface area contributed by atoms with Gasteiger partial charge in [-0.15, -0.1) is 0 Å². The summed E-state index contributed by atoms with van der Waals surface area (Å²) in [4.78, 5) is 16.3. The van der Waals surface area contributed by atoms with E-state index >= 15 is 0 Å². The van der Waals surface area contributed by atoms with Crippen LogP contribution in [0.2, 0.25) is 0 Å². The molecule has 0 spiro atoms. The first-order valence-electron chi connectivity index (χ1n) is 7.17. The summed E-state index contributed by atoms with van der Waals surface area (Å²) >= 11 is 0. The van der Waals surface area contributed by atoms with Crippen LogP contribution < -0.4 is 11.1 Å². The molecule has 4 N–H and O–H groups in total. The van der Waals surface area contributed by atoms with Crippen molar-refractivity contribution in [1.29, 1.82) is 0 Å². The van der Waals surface area contributed by atoms with Gasteiger partial charge in [0.2, 0.25) is 5.91 Å². The number of nitrogen functional groups attached to an aromatic ring is 1. The number of rotatable bonds is 5. The maximum Gasteiger partial charge on any atom is 0.238 e. The molecule has 1 saturated heterocycles. The van der Waals surface area contributed by atoms with E-state index in [1.54, 1.807) is 12.1 Å². The molecule has 1 aliphatic rings. The highest BCUT2D eigenvalue weighted by Crippen LogP contribution is 2.20. The summed E-state index contributed by atoms with van der Waals surface area (Å²) in [6.07, 6.45) is 0.350. The molecule has 2 atom stereocenters. The van der Waals surface area contributed by atoms with Gasteiger partial charge in [-0.2, -0.15) is 0 Å². The second-order valence-corrected chi connectivity index (χ2v) is 5.87. The lowest BCUT2D eigenvalue weighted by molar-refractivity contribution is -0.117. The highest BCUT2D eigenvalue weighted by molar-refractivity contribution is 5.95. The first kappa shape index (κ1) is 15.8. The van der Waals surface area contributed by atoms with Gasteiger partial charge in [0.05, 0.1) is 24.0 Å². The monoisotopic (exact) mass is 292 g/mol. The molecule has 1 aromatic carbocycles. The van der Waals surface area contributed by atoms with Crippen LogP contribution in [0.5, 0.6) is 0 Å². The maximum atomic E-state index is 12.2. The number of likely N-dealkylation sites (tertiary alicyclic amines) is 1. The van der Waals surface area contributed by atoms with Gasteiger partial charge in [-0.05, 0) is 32.6 Å². The van der Waals surface area contributed by atoms with Crippen LogP contribution in [0.15, 0.2) is 24.3 Å². The summed E-state index contributed by atoms with van der Waals surface area (Å²) in [6, 6.07) is 7.40. The Morgan fingerprint density at radius 3 is 2.86 bits per heavy atom. The lowest BCUT2D eigenvalue weighted by Crippen LogP contribution is -2.41. The minimum atomic E-state index is -0.357. The third kappa shape index (κ3) is 4.42. The van der Waals surface area contributed by atoms with Crippen LogP contribution >= 0.6 is 0 Å². The summed E-state index contributed by atoms with van der Waals surface area (Å²) in [5.74, 6) is -0.106. The number of nitrogens with one attached hydrogen (secondary N) is 1. The Morgan fingerprint density at radius 2 is 2.19 bits per heavy atom. The molecule has 0 saturated carbocycles. The van der Waals surface area contributed by atoms with E-state index in [9.17, 15) is 9.90 Å². The normalized spacial score (nSPS) is 22.7. The van der Waals surface area contributed by atoms with E-state index in [-0.39, 0.29) is 24.6 Å². The van der Waals surface area contributed by atoms with Crippen LogP contribution in [-0.4, -0.2) is 66.7 Å². The summed E-state index contributed by atoms with van der Waals surface area (Å²) < 4.78 is 0. The Bertz CT molecular complexity index is 492. The average Bonchev–Trinajstić information content (AvgIpc) is 2.71. The number of carbonyl (C=O) groups is 1. The van der Waals surface area contributed by atoms with Crippen LogP contribution in [0.4, 0.5) is 11.4 Å². The molecule has 1 aliphatic heterocycles. The number of β-amino-alcohol motifs (C(OH)–C–C–N with tert-alkyl or cyclic N) is 1. The Hall–Kier alpha value is -1.63. The second-order valence-electron chi connectivity index (χ2n) is 5.87. The molecule has 0 aliphatic carbocycles. The fraction of sp³-hybridized carbons (Fsp3) is 0.533. The van der Waals surface area contributed by atoms with Crippen molar-refractivity contribution in [3.8, 4) is 0 Å². The lowest BCUT2D eigenvalue weighted by Gasteiger charge is -2.26. The van der Waals surface area contributed by atoms with Crippen molar-refractivity contribution in [3.63, 3.8) is 0 Å². The molecule has 2 rings (SSSR count). The largest absolute Gasteiger partial charge is 0.397 e. The van der Waals surface area contributed by atoms with Crippen LogP contribution in [0.3, 0.4) is 0 Å². The minimum Gasteiger partial charge on any atom is -0.397 e. The van der Waals surface area contributed by atoms with Crippen molar-refractivity contribution in [2.45, 2.75) is 18.6 Å². The van der Waals surface area contributed by atoms with Gasteiger partial charge in [0.15, 0.2) is 0 Å². The van der Waals surface area contributed by atoms with E-state index < -0.39 is 0 Å². The van der Waals surface area contributed by atoms with Gasteiger partial charge in [0.25, 0.3) is 0 Å². The first-order chi connectivity index (χ1) is 9.95. The van der Waals surface area contributed by atoms with E-state index in [4.69, 9.17) is 5.73 Å². The zero-order valence-corrected chi connectivity index (χ0v) is 12.6. The molecule has 0 bridgehead atoms. The minimum absolute atomic E-state index is 0.106. The fourth-order valence-corrected chi connectivity index (χ4v) is 2.75. The number of aliphatic hydroxyl groups excluding tert-OH is 1. The Labute approximate surface area is 125 Å². The predicted octanol–water partition coefficient (Wildman–Crippen LogP) is 0.204. The van der Waals surface area contributed by atoms with E-state index in [1.807, 2.05) is 31.1 Å². The van der Waals surface area contributed by atoms with Crippen molar-refractivity contribution in [2.75, 3.05) is 44.8 Å². The number of likely N-dealkylation sites (N-methyl/N-ethyl adjacent to an activating group) is 1. The number of anilines is 2. The Kier molecular flexibility index (Phi) is 5.17. The third-order valence-electron chi connectivity index (χ3n) is 3.66. The van der Waals surface area contributed by atoms with Crippen molar-refractivity contribution < 1.29 is 9.90 Å². The van der Waals surface area contributed by atoms with Crippen LogP contribution in [-0.2, 0) is 4.79 Å². The number of para-hydroxylation sites is 2. The number of nitrogens with two attached hydrogens (primary N) is 1. The van der Waals surface area contributed by atoms with Crippen molar-refractivity contribution in [3.05, 3.63) is 24.3 Å². The van der Waals surface area contributed by atoms with Gasteiger partial charge in [-0.1, -0.05) is 12.1 Å². The first-order valence-corrected chi connectivity index (χ1v) is 7.17. The van der Waals surface area contributed by atoms with Crippen molar-refractivity contribution in [1.82, 2.24) is 9.80 Å². The molecule has 1 heterocycles. The van der Waals surface area contributed by atoms with E-state index in [2.05, 4.69) is 10.2 Å². The summed E-state index contributed by atoms with van der Waals surface area (Å²) in [5, 5.41) is 12.6. The smallest absolute Gasteiger partial charge is 0.238 e. The SMILES string of the molecule is CN(C)CC1CC(O)CN1CC(=O)Nc1ccccc1N. The number of hydrogen-bond donors (Lipinski definition) is 3. The Balaban J connectivity index is 1.93. The Morgan fingerprint density at radius 1 is 1.48 bits per heavy atom. The van der Waals surface area contributed by atoms with Gasteiger partial charge in [-0.25, -0.2) is 0 Å². The zero-order chi connectivity index (χ0) is 15.4. The molecule has 1 fully saturated rings. The topological polar surface area (TPSA) is 81.8 Å². The molecular formula is C15H24N4O2. The van der Waals surface area contributed by atoms with Gasteiger partial charge in [-0.3, -0.25) is 9.69 Å². The van der Waals surface area contributed by atoms with Crippen LogP contribution in [0.1, 0.15) is 6.42 Å². The van der Waals surface area contributed by atoms with Gasteiger partial charge < -0.3 is 21.1 Å². The highest BCUT2D eigenvalue weighted by Gasteiger charge is 2.32. The second kappa shape index (κ2) is 6.89. The molecule has 0 radical (unpaired) electrons. The molecule has 6 nitrogen and oxygen atoms in total. The quantitative estimate of drug-likeness (QED) is 0.676. The van der Waals surface area contributed by atoms with E-state index in [0.29, 0.717) is 24.3 Å².